The van der Waals surface area contributed by atoms with E-state index < -0.39 is 22.1 Å². The summed E-state index contributed by atoms with van der Waals surface area (Å²) in [6.45, 7) is 1.99. The summed E-state index contributed by atoms with van der Waals surface area (Å²) in [5, 5.41) is 0.568. The van der Waals surface area contributed by atoms with Gasteiger partial charge in [-0.1, -0.05) is 23.2 Å². The highest BCUT2D eigenvalue weighted by Gasteiger charge is 2.32. The van der Waals surface area contributed by atoms with Gasteiger partial charge in [-0.3, -0.25) is 4.90 Å². The predicted octanol–water partition coefficient (Wildman–Crippen LogP) is 3.79. The van der Waals surface area contributed by atoms with Crippen LogP contribution in [-0.4, -0.2) is 55.1 Å². The largest absolute Gasteiger partial charge is 0.573 e. The van der Waals surface area contributed by atoms with Crippen LogP contribution in [0.25, 0.3) is 0 Å². The zero-order valence-corrected chi connectivity index (χ0v) is 17.2. The maximum Gasteiger partial charge on any atom is 0.573 e. The molecule has 1 saturated heterocycles. The number of hydrogen-bond donors (Lipinski definition) is 0. The molecule has 0 saturated carbocycles. The first kappa shape index (κ1) is 22.1. The van der Waals surface area contributed by atoms with E-state index >= 15 is 0 Å². The Morgan fingerprint density at radius 2 is 1.55 bits per heavy atom. The van der Waals surface area contributed by atoms with Crippen LogP contribution < -0.4 is 4.74 Å². The number of aromatic nitrogens is 1. The number of benzene rings is 1. The van der Waals surface area contributed by atoms with Gasteiger partial charge in [-0.05, 0) is 42.0 Å². The predicted molar refractivity (Wildman–Crippen MR) is 101 cm³/mol. The minimum absolute atomic E-state index is 0.0897. The highest BCUT2D eigenvalue weighted by Crippen LogP contribution is 2.26. The van der Waals surface area contributed by atoms with Gasteiger partial charge < -0.3 is 4.74 Å². The Morgan fingerprint density at radius 3 is 2.07 bits per heavy atom. The van der Waals surface area contributed by atoms with Crippen LogP contribution in [0.2, 0.25) is 10.3 Å². The fourth-order valence-corrected chi connectivity index (χ4v) is 4.88. The number of pyridine rings is 1. The molecule has 0 aliphatic carbocycles. The quantitative estimate of drug-likeness (QED) is 0.623. The molecule has 1 aromatic carbocycles. The molecular weight excluding hydrogens is 454 g/mol. The fraction of sp³-hybridized carbons (Fsp3) is 0.353. The average molecular weight is 470 g/mol. The molecule has 2 aromatic rings. The summed E-state index contributed by atoms with van der Waals surface area (Å²) >= 11 is 11.8. The van der Waals surface area contributed by atoms with E-state index in [0.29, 0.717) is 19.6 Å². The fourth-order valence-electron chi connectivity index (χ4n) is 2.95. The lowest BCUT2D eigenvalue weighted by molar-refractivity contribution is -0.274. The van der Waals surface area contributed by atoms with Gasteiger partial charge in [0.2, 0.25) is 10.0 Å². The Labute approximate surface area is 175 Å². The van der Waals surface area contributed by atoms with Crippen molar-refractivity contribution in [3.05, 3.63) is 52.3 Å². The van der Waals surface area contributed by atoms with E-state index in [1.807, 2.05) is 4.90 Å². The first-order chi connectivity index (χ1) is 13.5. The number of alkyl halides is 3. The molecule has 1 fully saturated rings. The summed E-state index contributed by atoms with van der Waals surface area (Å²) in [6.07, 6.45) is -4.83. The van der Waals surface area contributed by atoms with Crippen LogP contribution in [0.3, 0.4) is 0 Å². The molecule has 0 atom stereocenters. The van der Waals surface area contributed by atoms with Crippen LogP contribution in [0, 0.1) is 0 Å². The van der Waals surface area contributed by atoms with Gasteiger partial charge in [-0.15, -0.1) is 13.2 Å². The first-order valence-electron chi connectivity index (χ1n) is 8.43. The lowest BCUT2D eigenvalue weighted by atomic mass is 10.2. The van der Waals surface area contributed by atoms with Gasteiger partial charge in [-0.25, -0.2) is 13.4 Å². The van der Waals surface area contributed by atoms with Gasteiger partial charge in [-0.2, -0.15) is 4.31 Å². The van der Waals surface area contributed by atoms with Crippen molar-refractivity contribution >= 4 is 33.2 Å². The monoisotopic (exact) mass is 469 g/mol. The van der Waals surface area contributed by atoms with Crippen molar-refractivity contribution in [1.82, 2.24) is 14.2 Å². The van der Waals surface area contributed by atoms with E-state index in [1.165, 1.54) is 4.31 Å². The zero-order chi connectivity index (χ0) is 21.2. The molecule has 29 heavy (non-hydrogen) atoms. The van der Waals surface area contributed by atoms with Crippen LogP contribution in [0.4, 0.5) is 13.2 Å². The summed E-state index contributed by atoms with van der Waals surface area (Å²) in [7, 11) is -3.81. The average Bonchev–Trinajstić information content (AvgIpc) is 2.60. The number of hydrogen-bond acceptors (Lipinski definition) is 5. The van der Waals surface area contributed by atoms with Gasteiger partial charge >= 0.3 is 6.36 Å². The third kappa shape index (κ3) is 5.95. The smallest absolute Gasteiger partial charge is 0.406 e. The van der Waals surface area contributed by atoms with E-state index in [2.05, 4.69) is 9.72 Å². The van der Waals surface area contributed by atoms with E-state index in [-0.39, 0.29) is 28.3 Å². The number of halogens is 5. The topological polar surface area (TPSA) is 62.7 Å². The molecule has 3 rings (SSSR count). The Bertz CT molecular complexity index is 944. The molecule has 6 nitrogen and oxygen atoms in total. The van der Waals surface area contributed by atoms with Crippen molar-refractivity contribution in [2.24, 2.45) is 0 Å². The first-order valence-corrected chi connectivity index (χ1v) is 10.6. The number of nitrogens with zero attached hydrogens (tertiary/aromatic N) is 3. The summed E-state index contributed by atoms with van der Waals surface area (Å²) in [4.78, 5) is 5.84. The van der Waals surface area contributed by atoms with E-state index in [0.717, 1.165) is 29.8 Å². The number of ether oxygens (including phenoxy) is 1. The zero-order valence-electron chi connectivity index (χ0n) is 14.9. The van der Waals surface area contributed by atoms with Gasteiger partial charge in [0.1, 0.15) is 16.1 Å². The van der Waals surface area contributed by atoms with E-state index in [9.17, 15) is 21.6 Å². The number of rotatable bonds is 5. The normalized spacial score (nSPS) is 16.7. The lowest BCUT2D eigenvalue weighted by Gasteiger charge is -2.34. The second-order valence-electron chi connectivity index (χ2n) is 6.32. The molecule has 0 spiro atoms. The molecule has 12 heteroatoms. The third-order valence-electron chi connectivity index (χ3n) is 4.26. The second-order valence-corrected chi connectivity index (χ2v) is 9.03. The molecule has 2 heterocycles. The maximum absolute atomic E-state index is 12.7. The van der Waals surface area contributed by atoms with Crippen molar-refractivity contribution < 1.29 is 26.3 Å². The highest BCUT2D eigenvalue weighted by molar-refractivity contribution is 7.89. The van der Waals surface area contributed by atoms with Gasteiger partial charge in [0.05, 0.1) is 4.90 Å². The lowest BCUT2D eigenvalue weighted by Crippen LogP contribution is -2.48. The van der Waals surface area contributed by atoms with Gasteiger partial charge in [0, 0.05) is 32.7 Å². The minimum Gasteiger partial charge on any atom is -0.406 e. The molecular formula is C17H16Cl2F3N3O3S. The van der Waals surface area contributed by atoms with Crippen molar-refractivity contribution in [3.63, 3.8) is 0 Å². The summed E-state index contributed by atoms with van der Waals surface area (Å²) in [6, 6.07) is 7.55. The van der Waals surface area contributed by atoms with Gasteiger partial charge in [0.25, 0.3) is 0 Å². The molecule has 1 aliphatic heterocycles. The van der Waals surface area contributed by atoms with Crippen LogP contribution in [0.1, 0.15) is 5.56 Å². The molecule has 158 valence electrons. The Kier molecular flexibility index (Phi) is 6.59. The molecule has 0 amide bonds. The van der Waals surface area contributed by atoms with Crippen molar-refractivity contribution in [2.45, 2.75) is 17.8 Å². The molecule has 0 N–H and O–H groups in total. The van der Waals surface area contributed by atoms with Crippen molar-refractivity contribution in [1.29, 1.82) is 0 Å². The summed E-state index contributed by atoms with van der Waals surface area (Å²) < 4.78 is 67.2. The molecule has 0 bridgehead atoms. The van der Waals surface area contributed by atoms with E-state index in [1.54, 1.807) is 12.1 Å². The SMILES string of the molecule is O=S(=O)(c1ccc(OC(F)(F)F)cc1)N1CCN(Cc2cc(Cl)nc(Cl)c2)CC1. The second kappa shape index (κ2) is 8.65. The van der Waals surface area contributed by atoms with Crippen LogP contribution in [-0.2, 0) is 16.6 Å². The van der Waals surface area contributed by atoms with Crippen molar-refractivity contribution in [3.8, 4) is 5.75 Å². The Morgan fingerprint density at radius 1 is 1.00 bits per heavy atom. The standard InChI is InChI=1S/C17H16Cl2F3N3O3S/c18-15-9-12(10-16(19)23-15)11-24-5-7-25(8-6-24)29(26,27)14-3-1-13(2-4-14)28-17(20,21)22/h1-4,9-10H,5-8,11H2. The minimum atomic E-state index is -4.83. The Hall–Kier alpha value is -1.59. The third-order valence-corrected chi connectivity index (χ3v) is 6.56. The number of piperazine rings is 1. The van der Waals surface area contributed by atoms with Crippen LogP contribution in [0.15, 0.2) is 41.3 Å². The number of sulfonamides is 1. The summed E-state index contributed by atoms with van der Waals surface area (Å²) in [5.74, 6) is -0.476. The molecule has 0 unspecified atom stereocenters. The molecule has 0 radical (unpaired) electrons. The summed E-state index contributed by atoms with van der Waals surface area (Å²) in [5.41, 5.74) is 0.867. The maximum atomic E-state index is 12.7. The van der Waals surface area contributed by atoms with Crippen molar-refractivity contribution in [2.75, 3.05) is 26.2 Å². The van der Waals surface area contributed by atoms with Gasteiger partial charge in [0.15, 0.2) is 0 Å². The van der Waals surface area contributed by atoms with Crippen LogP contribution >= 0.6 is 23.2 Å². The molecule has 1 aromatic heterocycles. The molecule has 1 aliphatic rings. The Balaban J connectivity index is 1.62. The van der Waals surface area contributed by atoms with E-state index in [4.69, 9.17) is 23.2 Å². The van der Waals surface area contributed by atoms with Crippen LogP contribution in [0.5, 0.6) is 5.75 Å². The highest BCUT2D eigenvalue weighted by atomic mass is 35.5.